The summed E-state index contributed by atoms with van der Waals surface area (Å²) in [6.45, 7) is 0.584. The predicted molar refractivity (Wildman–Crippen MR) is 156 cm³/mol. The van der Waals surface area contributed by atoms with E-state index in [0.29, 0.717) is 0 Å². The molecule has 2 N–H and O–H groups in total. The summed E-state index contributed by atoms with van der Waals surface area (Å²) < 4.78 is 55.2. The predicted octanol–water partition coefficient (Wildman–Crippen LogP) is 3.00. The van der Waals surface area contributed by atoms with E-state index in [1.165, 1.54) is 7.11 Å². The van der Waals surface area contributed by atoms with Crippen LogP contribution in [0.25, 0.3) is 0 Å². The van der Waals surface area contributed by atoms with Crippen LogP contribution in [0.4, 0.5) is 0 Å². The van der Waals surface area contributed by atoms with Crippen LogP contribution in [0.15, 0.2) is 91.0 Å². The van der Waals surface area contributed by atoms with Gasteiger partial charge < -0.3 is 52.8 Å². The second-order valence-electron chi connectivity index (χ2n) is 11.5. The summed E-state index contributed by atoms with van der Waals surface area (Å²) in [4.78, 5) is 0. The van der Waals surface area contributed by atoms with Crippen LogP contribution >= 0.6 is 0 Å². The molecule has 45 heavy (non-hydrogen) atoms. The third-order valence-corrected chi connectivity index (χ3v) is 8.57. The fourth-order valence-electron chi connectivity index (χ4n) is 6.26. The molecular weight excluding hydrogens is 584 g/mol. The molecular formula is C34H38O11. The number of hydrogen-bond donors (Lipinski definition) is 2. The molecule has 2 unspecified atom stereocenters. The van der Waals surface area contributed by atoms with Gasteiger partial charge in [0.2, 0.25) is 0 Å². The van der Waals surface area contributed by atoms with Gasteiger partial charge in [0.25, 0.3) is 0 Å². The monoisotopic (exact) mass is 622 g/mol. The Morgan fingerprint density at radius 2 is 1.11 bits per heavy atom. The minimum absolute atomic E-state index is 0.172. The van der Waals surface area contributed by atoms with E-state index < -0.39 is 74.0 Å². The van der Waals surface area contributed by atoms with Gasteiger partial charge in [-0.3, -0.25) is 0 Å². The van der Waals surface area contributed by atoms with E-state index in [9.17, 15) is 10.2 Å². The lowest BCUT2D eigenvalue weighted by Gasteiger charge is -2.51. The highest BCUT2D eigenvalue weighted by Gasteiger charge is 2.55. The molecule has 0 aromatic heterocycles. The van der Waals surface area contributed by atoms with Crippen molar-refractivity contribution >= 4 is 0 Å². The summed E-state index contributed by atoms with van der Waals surface area (Å²) in [5, 5.41) is 23.1. The molecule has 0 spiro atoms. The summed E-state index contributed by atoms with van der Waals surface area (Å²) in [5.41, 5.74) is 2.59. The number of benzene rings is 3. The Labute approximate surface area is 261 Å². The molecule has 240 valence electrons. The highest BCUT2D eigenvalue weighted by Crippen LogP contribution is 2.40. The van der Waals surface area contributed by atoms with Crippen LogP contribution in [0.2, 0.25) is 0 Å². The zero-order valence-corrected chi connectivity index (χ0v) is 24.8. The second kappa shape index (κ2) is 13.9. The molecule has 7 rings (SSSR count). The van der Waals surface area contributed by atoms with Gasteiger partial charge >= 0.3 is 0 Å². The topological polar surface area (TPSA) is 124 Å². The van der Waals surface area contributed by atoms with Crippen molar-refractivity contribution in [3.8, 4) is 0 Å². The first-order chi connectivity index (χ1) is 22.1. The lowest BCUT2D eigenvalue weighted by Crippen LogP contribution is -2.67. The highest BCUT2D eigenvalue weighted by molar-refractivity contribution is 5.18. The minimum Gasteiger partial charge on any atom is -0.385 e. The number of aliphatic hydroxyl groups is 2. The van der Waals surface area contributed by atoms with Gasteiger partial charge in [-0.05, 0) is 5.56 Å². The highest BCUT2D eigenvalue weighted by atomic mass is 16.8. The zero-order chi connectivity index (χ0) is 30.8. The summed E-state index contributed by atoms with van der Waals surface area (Å²) in [5.74, 6) is 0. The van der Waals surface area contributed by atoms with Crippen LogP contribution in [-0.2, 0) is 49.2 Å². The molecule has 4 saturated heterocycles. The summed E-state index contributed by atoms with van der Waals surface area (Å²) in [7, 11) is 1.44. The van der Waals surface area contributed by atoms with Gasteiger partial charge in [-0.2, -0.15) is 0 Å². The van der Waals surface area contributed by atoms with Crippen molar-refractivity contribution in [2.45, 2.75) is 80.6 Å². The molecule has 3 aromatic carbocycles. The maximum atomic E-state index is 11.8. The fraction of sp³-hybridized carbons (Fsp3) is 0.471. The third kappa shape index (κ3) is 6.57. The van der Waals surface area contributed by atoms with E-state index in [0.717, 1.165) is 16.7 Å². The first kappa shape index (κ1) is 30.9. The zero-order valence-electron chi connectivity index (χ0n) is 24.8. The van der Waals surface area contributed by atoms with Crippen molar-refractivity contribution in [3.63, 3.8) is 0 Å². The standard InChI is InChI=1S/C34H38O11/c1-37-33-26(36)30(28-24(41-33)19-40-32(44-28)22-15-9-4-10-16-22)45-34-25(35)29(38-17-20-11-5-2-6-12-20)27-23(42-34)18-39-31(43-27)21-13-7-3-8-14-21/h2-16,23-36H,17-19H2,1H3/t23-,24-,25-,26-,27-,28-,29-,30-,31?,32?,33+,34+/m1/s1. The van der Waals surface area contributed by atoms with Crippen molar-refractivity contribution in [1.29, 1.82) is 0 Å². The van der Waals surface area contributed by atoms with Crippen LogP contribution in [0, 0.1) is 0 Å². The van der Waals surface area contributed by atoms with Gasteiger partial charge in [0.15, 0.2) is 25.2 Å². The molecule has 4 aliphatic heterocycles. The van der Waals surface area contributed by atoms with Gasteiger partial charge in [-0.25, -0.2) is 0 Å². The first-order valence-corrected chi connectivity index (χ1v) is 15.2. The number of fused-ring (bicyclic) bond motifs is 2. The van der Waals surface area contributed by atoms with Crippen molar-refractivity contribution in [3.05, 3.63) is 108 Å². The molecule has 12 atom stereocenters. The molecule has 0 bridgehead atoms. The van der Waals surface area contributed by atoms with Crippen molar-refractivity contribution in [2.24, 2.45) is 0 Å². The van der Waals surface area contributed by atoms with Crippen LogP contribution in [0.3, 0.4) is 0 Å². The van der Waals surface area contributed by atoms with E-state index in [1.807, 2.05) is 91.0 Å². The van der Waals surface area contributed by atoms with E-state index in [-0.39, 0.29) is 19.8 Å². The Morgan fingerprint density at radius 1 is 0.622 bits per heavy atom. The number of rotatable bonds is 8. The fourth-order valence-corrected chi connectivity index (χ4v) is 6.26. The molecule has 4 heterocycles. The Morgan fingerprint density at radius 3 is 1.67 bits per heavy atom. The van der Waals surface area contributed by atoms with Gasteiger partial charge in [0, 0.05) is 18.2 Å². The SMILES string of the molecule is CO[C@H]1O[C@@H]2COC(c3ccccc3)O[C@H]2[C@H](O[C@@H]2O[C@@H]3COC(c4ccccc4)O[C@H]3[C@H](OCc3ccccc3)[C@H]2O)[C@H]1O. The van der Waals surface area contributed by atoms with Crippen LogP contribution in [-0.4, -0.2) is 91.9 Å². The molecule has 4 fully saturated rings. The van der Waals surface area contributed by atoms with Gasteiger partial charge in [0.1, 0.15) is 48.8 Å². The average molecular weight is 623 g/mol. The van der Waals surface area contributed by atoms with E-state index in [1.54, 1.807) is 0 Å². The number of methoxy groups -OCH3 is 1. The molecule has 0 amide bonds. The number of ether oxygens (including phenoxy) is 9. The Bertz CT molecular complexity index is 1350. The molecule has 11 nitrogen and oxygen atoms in total. The largest absolute Gasteiger partial charge is 0.385 e. The van der Waals surface area contributed by atoms with Crippen molar-refractivity contribution in [1.82, 2.24) is 0 Å². The van der Waals surface area contributed by atoms with E-state index in [4.69, 9.17) is 42.6 Å². The summed E-state index contributed by atoms with van der Waals surface area (Å²) in [6.07, 6.45) is -10.6. The lowest BCUT2D eigenvalue weighted by atomic mass is 9.95. The maximum absolute atomic E-state index is 11.8. The lowest BCUT2D eigenvalue weighted by molar-refractivity contribution is -0.405. The van der Waals surface area contributed by atoms with E-state index in [2.05, 4.69) is 0 Å². The Balaban J connectivity index is 1.13. The number of hydrogen-bond acceptors (Lipinski definition) is 11. The van der Waals surface area contributed by atoms with Crippen molar-refractivity contribution in [2.75, 3.05) is 20.3 Å². The van der Waals surface area contributed by atoms with Crippen LogP contribution < -0.4 is 0 Å². The molecule has 3 aromatic rings. The molecule has 0 aliphatic carbocycles. The van der Waals surface area contributed by atoms with Gasteiger partial charge in [0.05, 0.1) is 19.8 Å². The summed E-state index contributed by atoms with van der Waals surface area (Å²) in [6, 6.07) is 28.7. The minimum atomic E-state index is -1.29. The third-order valence-electron chi connectivity index (χ3n) is 8.57. The Kier molecular flexibility index (Phi) is 9.54. The van der Waals surface area contributed by atoms with Crippen LogP contribution in [0.1, 0.15) is 29.3 Å². The first-order valence-electron chi connectivity index (χ1n) is 15.2. The quantitative estimate of drug-likeness (QED) is 0.386. The molecule has 0 saturated carbocycles. The summed E-state index contributed by atoms with van der Waals surface area (Å²) >= 11 is 0. The molecule has 0 radical (unpaired) electrons. The van der Waals surface area contributed by atoms with Gasteiger partial charge in [-0.1, -0.05) is 91.0 Å². The molecule has 11 heteroatoms. The van der Waals surface area contributed by atoms with Gasteiger partial charge in [-0.15, -0.1) is 0 Å². The smallest absolute Gasteiger partial charge is 0.187 e. The average Bonchev–Trinajstić information content (AvgIpc) is 3.10. The number of aliphatic hydroxyl groups excluding tert-OH is 2. The van der Waals surface area contributed by atoms with Crippen LogP contribution in [0.5, 0.6) is 0 Å². The second-order valence-corrected chi connectivity index (χ2v) is 11.5. The normalized spacial score (nSPS) is 38.2. The maximum Gasteiger partial charge on any atom is 0.187 e. The van der Waals surface area contributed by atoms with Crippen molar-refractivity contribution < 1.29 is 52.8 Å². The van der Waals surface area contributed by atoms with E-state index >= 15 is 0 Å². The molecule has 4 aliphatic rings. The Hall–Kier alpha value is -2.78.